The first-order chi connectivity index (χ1) is 18.5. The fourth-order valence-electron chi connectivity index (χ4n) is 5.56. The summed E-state index contributed by atoms with van der Waals surface area (Å²) in [6, 6.07) is 7.75. The number of aliphatic hydroxyl groups excluding tert-OH is 1. The van der Waals surface area contributed by atoms with Gasteiger partial charge in [0.1, 0.15) is 0 Å². The number of hydrogen-bond acceptors (Lipinski definition) is 6. The summed E-state index contributed by atoms with van der Waals surface area (Å²) in [4.78, 5) is 32.2. The lowest BCUT2D eigenvalue weighted by Gasteiger charge is -2.45. The van der Waals surface area contributed by atoms with Crippen LogP contribution in [-0.2, 0) is 21.2 Å². The number of hydrogen-bond donors (Lipinski definition) is 3. The Hall–Kier alpha value is -3.02. The summed E-state index contributed by atoms with van der Waals surface area (Å²) >= 11 is 0. The van der Waals surface area contributed by atoms with E-state index in [0.717, 1.165) is 42.3 Å². The molecule has 0 bridgehead atoms. The molecule has 11 heteroatoms. The van der Waals surface area contributed by atoms with Gasteiger partial charge in [-0.15, -0.1) is 0 Å². The van der Waals surface area contributed by atoms with Gasteiger partial charge in [-0.2, -0.15) is 13.2 Å². The van der Waals surface area contributed by atoms with E-state index < -0.39 is 29.1 Å². The van der Waals surface area contributed by atoms with Crippen molar-refractivity contribution in [2.75, 3.05) is 26.2 Å². The van der Waals surface area contributed by atoms with Gasteiger partial charge in [0, 0.05) is 31.5 Å². The highest BCUT2D eigenvalue weighted by Crippen LogP contribution is 2.43. The lowest BCUT2D eigenvalue weighted by atomic mass is 9.76. The molecule has 2 amide bonds. The average Bonchev–Trinajstić information content (AvgIpc) is 3.30. The molecular formula is C28H35F3N4O4. The molecule has 0 radical (unpaired) electrons. The first kappa shape index (κ1) is 29.0. The number of ether oxygens (including phenoxy) is 1. The molecule has 3 N–H and O–H groups in total. The highest BCUT2D eigenvalue weighted by Gasteiger charge is 2.48. The molecule has 2 heterocycles. The van der Waals surface area contributed by atoms with Gasteiger partial charge < -0.3 is 20.5 Å². The maximum absolute atomic E-state index is 13.0. The van der Waals surface area contributed by atoms with Crippen molar-refractivity contribution in [3.8, 4) is 0 Å². The van der Waals surface area contributed by atoms with Crippen LogP contribution in [0.25, 0.3) is 0 Å². The lowest BCUT2D eigenvalue weighted by Crippen LogP contribution is -2.50. The SMILES string of the molecule is CCO[C@H]1CN(C2(c3ccc(C)cn3)CCC(O)CC2)C[C@@H]1NC(=O)CNC(=O)c1cccc(C(F)(F)F)c1. The predicted molar refractivity (Wildman–Crippen MR) is 138 cm³/mol. The Labute approximate surface area is 225 Å². The van der Waals surface area contributed by atoms with Gasteiger partial charge in [0.25, 0.3) is 5.91 Å². The van der Waals surface area contributed by atoms with Gasteiger partial charge in [0.05, 0.1) is 41.6 Å². The third-order valence-electron chi connectivity index (χ3n) is 7.63. The number of carbonyl (C=O) groups excluding carboxylic acids is 2. The molecule has 2 aromatic rings. The van der Waals surface area contributed by atoms with E-state index in [9.17, 15) is 27.9 Å². The normalized spacial score (nSPS) is 25.8. The predicted octanol–water partition coefficient (Wildman–Crippen LogP) is 3.17. The zero-order valence-electron chi connectivity index (χ0n) is 22.1. The number of likely N-dealkylation sites (tertiary alicyclic amines) is 1. The minimum Gasteiger partial charge on any atom is -0.393 e. The molecule has 8 nitrogen and oxygen atoms in total. The van der Waals surface area contributed by atoms with E-state index in [1.807, 2.05) is 32.2 Å². The molecule has 1 aliphatic carbocycles. The van der Waals surface area contributed by atoms with Crippen molar-refractivity contribution in [2.45, 2.75) is 69.5 Å². The molecule has 1 aliphatic heterocycles. The van der Waals surface area contributed by atoms with Crippen LogP contribution < -0.4 is 10.6 Å². The summed E-state index contributed by atoms with van der Waals surface area (Å²) in [5.74, 6) is -1.23. The van der Waals surface area contributed by atoms with E-state index in [4.69, 9.17) is 9.72 Å². The molecule has 2 atom stereocenters. The fraction of sp³-hybridized carbons (Fsp3) is 0.536. The van der Waals surface area contributed by atoms with E-state index in [2.05, 4.69) is 15.5 Å². The molecule has 4 rings (SSSR count). The Morgan fingerprint density at radius 2 is 1.92 bits per heavy atom. The summed E-state index contributed by atoms with van der Waals surface area (Å²) in [5.41, 5.74) is 0.465. The molecule has 1 aromatic carbocycles. The Morgan fingerprint density at radius 3 is 2.56 bits per heavy atom. The molecule has 2 aliphatic rings. The van der Waals surface area contributed by atoms with Gasteiger partial charge in [-0.05, 0) is 69.4 Å². The summed E-state index contributed by atoms with van der Waals surface area (Å²) in [7, 11) is 0. The number of halogens is 3. The summed E-state index contributed by atoms with van der Waals surface area (Å²) in [6.45, 7) is 4.97. The van der Waals surface area contributed by atoms with E-state index in [1.165, 1.54) is 6.07 Å². The Balaban J connectivity index is 1.43. The summed E-state index contributed by atoms with van der Waals surface area (Å²) < 4.78 is 44.9. The number of pyridine rings is 1. The number of nitrogens with zero attached hydrogens (tertiary/aromatic N) is 2. The van der Waals surface area contributed by atoms with E-state index >= 15 is 0 Å². The van der Waals surface area contributed by atoms with Crippen LogP contribution >= 0.6 is 0 Å². The Bertz CT molecular complexity index is 1150. The van der Waals surface area contributed by atoms with Gasteiger partial charge in [0.2, 0.25) is 5.91 Å². The standard InChI is InChI=1S/C28H35F3N4O4/c1-3-39-23-17-35(27(11-9-21(36)10-12-27)24-8-7-18(2)14-32-24)16-22(23)34-25(37)15-33-26(38)19-5-4-6-20(13-19)28(29,30)31/h4-8,13-14,21-23,36H,3,9-12,15-17H2,1-2H3,(H,33,38)(H,34,37)/t21?,22-,23-,27?/m0/s1. The molecule has 1 saturated carbocycles. The van der Waals surface area contributed by atoms with Crippen molar-refractivity contribution in [1.82, 2.24) is 20.5 Å². The van der Waals surface area contributed by atoms with Crippen LogP contribution in [0, 0.1) is 6.92 Å². The van der Waals surface area contributed by atoms with Crippen molar-refractivity contribution >= 4 is 11.8 Å². The molecule has 1 aromatic heterocycles. The molecule has 2 fully saturated rings. The van der Waals surface area contributed by atoms with Crippen LogP contribution in [0.1, 0.15) is 59.8 Å². The second kappa shape index (κ2) is 12.0. The van der Waals surface area contributed by atoms with Crippen molar-refractivity contribution in [2.24, 2.45) is 0 Å². The van der Waals surface area contributed by atoms with Crippen LogP contribution in [0.3, 0.4) is 0 Å². The van der Waals surface area contributed by atoms with Gasteiger partial charge in [-0.25, -0.2) is 0 Å². The van der Waals surface area contributed by atoms with Crippen molar-refractivity contribution in [1.29, 1.82) is 0 Å². The number of nitrogens with one attached hydrogen (secondary N) is 2. The zero-order chi connectivity index (χ0) is 28.2. The minimum absolute atomic E-state index is 0.177. The van der Waals surface area contributed by atoms with Crippen LogP contribution in [0.15, 0.2) is 42.6 Å². The molecule has 212 valence electrons. The molecule has 0 unspecified atom stereocenters. The van der Waals surface area contributed by atoms with E-state index in [0.29, 0.717) is 32.5 Å². The number of rotatable bonds is 8. The van der Waals surface area contributed by atoms with Crippen LogP contribution in [0.2, 0.25) is 0 Å². The quantitative estimate of drug-likeness (QED) is 0.468. The monoisotopic (exact) mass is 548 g/mol. The van der Waals surface area contributed by atoms with Crippen molar-refractivity contribution < 1.29 is 32.6 Å². The van der Waals surface area contributed by atoms with Crippen LogP contribution in [-0.4, -0.2) is 71.3 Å². The van der Waals surface area contributed by atoms with Crippen molar-refractivity contribution in [3.05, 3.63) is 65.0 Å². The van der Waals surface area contributed by atoms with Crippen LogP contribution in [0.5, 0.6) is 0 Å². The first-order valence-electron chi connectivity index (χ1n) is 13.2. The Morgan fingerprint density at radius 1 is 1.18 bits per heavy atom. The first-order valence-corrected chi connectivity index (χ1v) is 13.2. The second-order valence-corrected chi connectivity index (χ2v) is 10.3. The summed E-state index contributed by atoms with van der Waals surface area (Å²) in [6.07, 6.45) is -0.665. The number of aliphatic hydroxyl groups is 1. The minimum atomic E-state index is -4.57. The Kier molecular flexibility index (Phi) is 8.93. The summed E-state index contributed by atoms with van der Waals surface area (Å²) in [5, 5.41) is 15.6. The maximum Gasteiger partial charge on any atom is 0.416 e. The molecule has 39 heavy (non-hydrogen) atoms. The molecule has 0 spiro atoms. The highest BCUT2D eigenvalue weighted by molar-refractivity contribution is 5.96. The smallest absolute Gasteiger partial charge is 0.393 e. The third-order valence-corrected chi connectivity index (χ3v) is 7.63. The number of carbonyl (C=O) groups is 2. The largest absolute Gasteiger partial charge is 0.416 e. The second-order valence-electron chi connectivity index (χ2n) is 10.3. The fourth-order valence-corrected chi connectivity index (χ4v) is 5.56. The molecule has 1 saturated heterocycles. The number of alkyl halides is 3. The van der Waals surface area contributed by atoms with Gasteiger partial charge in [-0.1, -0.05) is 12.1 Å². The van der Waals surface area contributed by atoms with Gasteiger partial charge in [0.15, 0.2) is 0 Å². The van der Waals surface area contributed by atoms with E-state index in [-0.39, 0.29) is 30.4 Å². The number of aromatic nitrogens is 1. The topological polar surface area (TPSA) is 104 Å². The van der Waals surface area contributed by atoms with E-state index in [1.54, 1.807) is 0 Å². The number of benzene rings is 1. The number of aryl methyl sites for hydroxylation is 1. The number of amides is 2. The third kappa shape index (κ3) is 6.77. The van der Waals surface area contributed by atoms with Crippen LogP contribution in [0.4, 0.5) is 13.2 Å². The van der Waals surface area contributed by atoms with Gasteiger partial charge >= 0.3 is 6.18 Å². The maximum atomic E-state index is 13.0. The highest BCUT2D eigenvalue weighted by atomic mass is 19.4. The average molecular weight is 549 g/mol. The zero-order valence-corrected chi connectivity index (χ0v) is 22.1. The van der Waals surface area contributed by atoms with Gasteiger partial charge in [-0.3, -0.25) is 19.5 Å². The van der Waals surface area contributed by atoms with Crippen molar-refractivity contribution in [3.63, 3.8) is 0 Å². The molecular weight excluding hydrogens is 513 g/mol. The lowest BCUT2D eigenvalue weighted by molar-refractivity contribution is -0.137.